The van der Waals surface area contributed by atoms with E-state index >= 15 is 0 Å². The molecule has 4 heteroatoms. The summed E-state index contributed by atoms with van der Waals surface area (Å²) in [5.41, 5.74) is 4.18. The van der Waals surface area contributed by atoms with Crippen molar-refractivity contribution in [3.8, 4) is 11.1 Å². The Labute approximate surface area is 134 Å². The van der Waals surface area contributed by atoms with Crippen molar-refractivity contribution in [2.24, 2.45) is 0 Å². The number of fused-ring (bicyclic) bond motifs is 1. The standard InChI is InChI=1S/C19H17NO3/c1-3-17(21)20-9-8-15-11-16(10-12(2)18(15)20)13-4-6-14(7-5-13)19(22)23/h4-11H,3H2,1-2H3,(H,22,23). The van der Waals surface area contributed by atoms with Crippen molar-refractivity contribution in [3.05, 3.63) is 59.8 Å². The van der Waals surface area contributed by atoms with Crippen molar-refractivity contribution >= 4 is 22.8 Å². The molecule has 0 atom stereocenters. The van der Waals surface area contributed by atoms with E-state index in [1.165, 1.54) is 0 Å². The number of carbonyl (C=O) groups is 2. The summed E-state index contributed by atoms with van der Waals surface area (Å²) in [6, 6.07) is 12.8. The van der Waals surface area contributed by atoms with E-state index in [2.05, 4.69) is 0 Å². The van der Waals surface area contributed by atoms with Gasteiger partial charge in [-0.15, -0.1) is 0 Å². The lowest BCUT2D eigenvalue weighted by Gasteiger charge is -2.08. The van der Waals surface area contributed by atoms with E-state index in [1.54, 1.807) is 35.0 Å². The number of benzene rings is 2. The van der Waals surface area contributed by atoms with Crippen molar-refractivity contribution in [1.82, 2.24) is 4.57 Å². The first-order chi connectivity index (χ1) is 11.0. The Morgan fingerprint density at radius 2 is 1.74 bits per heavy atom. The third-order valence-electron chi connectivity index (χ3n) is 4.01. The molecule has 3 rings (SSSR count). The fourth-order valence-corrected chi connectivity index (χ4v) is 2.84. The van der Waals surface area contributed by atoms with E-state index in [0.717, 1.165) is 27.6 Å². The second-order valence-corrected chi connectivity index (χ2v) is 5.55. The summed E-state index contributed by atoms with van der Waals surface area (Å²) < 4.78 is 1.70. The van der Waals surface area contributed by atoms with Crippen molar-refractivity contribution in [2.45, 2.75) is 20.3 Å². The number of aryl methyl sites for hydroxylation is 1. The van der Waals surface area contributed by atoms with E-state index in [1.807, 2.05) is 32.0 Å². The number of carboxylic acid groups (broad SMARTS) is 1. The van der Waals surface area contributed by atoms with Crippen LogP contribution in [-0.4, -0.2) is 21.6 Å². The fraction of sp³-hybridized carbons (Fsp3) is 0.158. The summed E-state index contributed by atoms with van der Waals surface area (Å²) >= 11 is 0. The minimum absolute atomic E-state index is 0.0710. The molecular weight excluding hydrogens is 290 g/mol. The molecule has 1 heterocycles. The van der Waals surface area contributed by atoms with E-state index in [-0.39, 0.29) is 11.5 Å². The highest BCUT2D eigenvalue weighted by Gasteiger charge is 2.11. The van der Waals surface area contributed by atoms with Gasteiger partial charge in [0.05, 0.1) is 11.1 Å². The third-order valence-corrected chi connectivity index (χ3v) is 4.01. The molecule has 1 N–H and O–H groups in total. The average molecular weight is 307 g/mol. The first kappa shape index (κ1) is 15.0. The van der Waals surface area contributed by atoms with E-state index in [9.17, 15) is 9.59 Å². The summed E-state index contributed by atoms with van der Waals surface area (Å²) in [7, 11) is 0. The van der Waals surface area contributed by atoms with Crippen LogP contribution in [0, 0.1) is 6.92 Å². The quantitative estimate of drug-likeness (QED) is 0.782. The highest BCUT2D eigenvalue weighted by Crippen LogP contribution is 2.28. The zero-order valence-electron chi connectivity index (χ0n) is 13.0. The highest BCUT2D eigenvalue weighted by molar-refractivity contribution is 5.96. The maximum atomic E-state index is 12.0. The van der Waals surface area contributed by atoms with Crippen LogP contribution < -0.4 is 0 Å². The molecule has 116 valence electrons. The second-order valence-electron chi connectivity index (χ2n) is 5.55. The van der Waals surface area contributed by atoms with Gasteiger partial charge in [0.15, 0.2) is 0 Å². The largest absolute Gasteiger partial charge is 0.478 e. The van der Waals surface area contributed by atoms with Gasteiger partial charge in [-0.2, -0.15) is 0 Å². The number of rotatable bonds is 3. The van der Waals surface area contributed by atoms with Crippen LogP contribution in [0.4, 0.5) is 0 Å². The predicted molar refractivity (Wildman–Crippen MR) is 90.0 cm³/mol. The zero-order chi connectivity index (χ0) is 16.6. The second kappa shape index (κ2) is 5.72. The highest BCUT2D eigenvalue weighted by atomic mass is 16.4. The van der Waals surface area contributed by atoms with Crippen molar-refractivity contribution in [3.63, 3.8) is 0 Å². The van der Waals surface area contributed by atoms with Crippen LogP contribution >= 0.6 is 0 Å². The van der Waals surface area contributed by atoms with Gasteiger partial charge >= 0.3 is 5.97 Å². The van der Waals surface area contributed by atoms with Crippen molar-refractivity contribution < 1.29 is 14.7 Å². The van der Waals surface area contributed by atoms with Crippen LogP contribution in [0.25, 0.3) is 22.0 Å². The van der Waals surface area contributed by atoms with Gasteiger partial charge in [-0.1, -0.05) is 19.1 Å². The molecule has 0 aliphatic carbocycles. The molecule has 0 spiro atoms. The predicted octanol–water partition coefficient (Wildman–Crippen LogP) is 4.37. The molecule has 4 nitrogen and oxygen atoms in total. The third kappa shape index (κ3) is 2.63. The lowest BCUT2D eigenvalue weighted by atomic mass is 10.00. The Hall–Kier alpha value is -2.88. The number of hydrogen-bond acceptors (Lipinski definition) is 2. The van der Waals surface area contributed by atoms with Crippen molar-refractivity contribution in [1.29, 1.82) is 0 Å². The van der Waals surface area contributed by atoms with Crippen LogP contribution in [0.2, 0.25) is 0 Å². The summed E-state index contributed by atoms with van der Waals surface area (Å²) in [5, 5.41) is 9.98. The average Bonchev–Trinajstić information content (AvgIpc) is 2.98. The number of aromatic nitrogens is 1. The Kier molecular flexibility index (Phi) is 3.74. The van der Waals surface area contributed by atoms with Gasteiger partial charge in [0.1, 0.15) is 0 Å². The van der Waals surface area contributed by atoms with Gasteiger partial charge in [-0.05, 0) is 53.9 Å². The molecule has 0 aliphatic rings. The minimum Gasteiger partial charge on any atom is -0.478 e. The van der Waals surface area contributed by atoms with Gasteiger partial charge in [0.2, 0.25) is 5.91 Å². The lowest BCUT2D eigenvalue weighted by Crippen LogP contribution is -2.07. The molecule has 0 amide bonds. The Morgan fingerprint density at radius 3 is 2.35 bits per heavy atom. The van der Waals surface area contributed by atoms with Crippen LogP contribution in [-0.2, 0) is 0 Å². The Morgan fingerprint density at radius 1 is 1.04 bits per heavy atom. The SMILES string of the molecule is CCC(=O)n1ccc2cc(-c3ccc(C(=O)O)cc3)cc(C)c21. The Bertz CT molecular complexity index is 904. The molecule has 23 heavy (non-hydrogen) atoms. The van der Waals surface area contributed by atoms with Gasteiger partial charge in [-0.3, -0.25) is 9.36 Å². The number of hydrogen-bond donors (Lipinski definition) is 1. The molecule has 0 fully saturated rings. The molecule has 0 unspecified atom stereocenters. The molecule has 2 aromatic carbocycles. The summed E-state index contributed by atoms with van der Waals surface area (Å²) in [4.78, 5) is 22.9. The lowest BCUT2D eigenvalue weighted by molar-refractivity contribution is 0.0696. The molecule has 0 saturated carbocycles. The first-order valence-electron chi connectivity index (χ1n) is 7.50. The van der Waals surface area contributed by atoms with E-state index in [0.29, 0.717) is 6.42 Å². The summed E-state index contributed by atoms with van der Waals surface area (Å²) in [6.45, 7) is 3.83. The molecule has 0 radical (unpaired) electrons. The van der Waals surface area contributed by atoms with Gasteiger partial charge in [0, 0.05) is 18.0 Å². The van der Waals surface area contributed by atoms with Gasteiger partial charge < -0.3 is 5.11 Å². The fourth-order valence-electron chi connectivity index (χ4n) is 2.84. The molecular formula is C19H17NO3. The normalized spacial score (nSPS) is 10.9. The maximum absolute atomic E-state index is 12.0. The monoisotopic (exact) mass is 307 g/mol. The molecule has 1 aromatic heterocycles. The summed E-state index contributed by atoms with van der Waals surface area (Å²) in [5.74, 6) is -0.861. The Balaban J connectivity index is 2.10. The smallest absolute Gasteiger partial charge is 0.335 e. The minimum atomic E-state index is -0.932. The van der Waals surface area contributed by atoms with Crippen LogP contribution in [0.15, 0.2) is 48.7 Å². The zero-order valence-corrected chi connectivity index (χ0v) is 13.0. The van der Waals surface area contributed by atoms with Crippen LogP contribution in [0.1, 0.15) is 34.1 Å². The maximum Gasteiger partial charge on any atom is 0.335 e. The van der Waals surface area contributed by atoms with E-state index < -0.39 is 5.97 Å². The van der Waals surface area contributed by atoms with Gasteiger partial charge in [-0.25, -0.2) is 4.79 Å². The number of carboxylic acids is 1. The first-order valence-corrected chi connectivity index (χ1v) is 7.50. The summed E-state index contributed by atoms with van der Waals surface area (Å²) in [6.07, 6.45) is 2.27. The molecule has 0 aliphatic heterocycles. The van der Waals surface area contributed by atoms with Gasteiger partial charge in [0.25, 0.3) is 0 Å². The van der Waals surface area contributed by atoms with E-state index in [4.69, 9.17) is 5.11 Å². The number of nitrogens with zero attached hydrogens (tertiary/aromatic N) is 1. The van der Waals surface area contributed by atoms with Crippen molar-refractivity contribution in [2.75, 3.05) is 0 Å². The topological polar surface area (TPSA) is 59.3 Å². The number of aromatic carboxylic acids is 1. The number of carbonyl (C=O) groups excluding carboxylic acids is 1. The molecule has 0 saturated heterocycles. The molecule has 3 aromatic rings. The van der Waals surface area contributed by atoms with Crippen LogP contribution in [0.5, 0.6) is 0 Å². The van der Waals surface area contributed by atoms with Crippen LogP contribution in [0.3, 0.4) is 0 Å². The molecule has 0 bridgehead atoms.